The molecule has 60 heavy (non-hydrogen) atoms. The second-order valence-corrected chi connectivity index (χ2v) is 21.9. The normalized spacial score (nSPS) is 11.8. The molecule has 0 aromatic rings. The van der Waals surface area contributed by atoms with Gasteiger partial charge in [-0.2, -0.15) is 0 Å². The lowest BCUT2D eigenvalue weighted by Crippen LogP contribution is -2.13. The van der Waals surface area contributed by atoms with Gasteiger partial charge < -0.3 is 14.4 Å². The van der Waals surface area contributed by atoms with Gasteiger partial charge in [0.1, 0.15) is 0 Å². The lowest BCUT2D eigenvalue weighted by molar-refractivity contribution is -0.144. The fourth-order valence-corrected chi connectivity index (χ4v) is 11.6. The van der Waals surface area contributed by atoms with Gasteiger partial charge >= 0.3 is 11.9 Å². The van der Waals surface area contributed by atoms with Gasteiger partial charge in [-0.05, 0) is 115 Å². The quantitative estimate of drug-likeness (QED) is 0.0346. The lowest BCUT2D eigenvalue weighted by atomic mass is 9.91. The Bertz CT molecular complexity index is 798. The molecule has 6 heteroatoms. The number of unbranched alkanes of at least 4 members (excludes halogenated alkanes) is 21. The van der Waals surface area contributed by atoms with Crippen molar-refractivity contribution in [2.45, 2.75) is 272 Å². The van der Waals surface area contributed by atoms with Gasteiger partial charge in [-0.25, -0.2) is 0 Å². The van der Waals surface area contributed by atoms with E-state index in [9.17, 15) is 9.59 Å². The fraction of sp³-hybridized carbons (Fsp3) is 0.963. The highest BCUT2D eigenvalue weighted by atomic mass is 31.1. The van der Waals surface area contributed by atoms with Crippen molar-refractivity contribution in [1.82, 2.24) is 4.90 Å². The molecule has 0 rings (SSSR count). The van der Waals surface area contributed by atoms with Gasteiger partial charge in [0.15, 0.2) is 0 Å². The van der Waals surface area contributed by atoms with Crippen molar-refractivity contribution in [2.75, 3.05) is 52.3 Å². The highest BCUT2D eigenvalue weighted by Gasteiger charge is 2.13. The van der Waals surface area contributed by atoms with Crippen molar-refractivity contribution in [1.29, 1.82) is 0 Å². The second-order valence-electron chi connectivity index (χ2n) is 19.2. The summed E-state index contributed by atoms with van der Waals surface area (Å²) in [5, 5.41) is 0. The summed E-state index contributed by atoms with van der Waals surface area (Å²) in [6.07, 6.45) is 51.8. The summed E-state index contributed by atoms with van der Waals surface area (Å²) in [4.78, 5) is 27.2. The number of hydrogen-bond donors (Lipinski definition) is 0. The van der Waals surface area contributed by atoms with E-state index < -0.39 is 0 Å². The Balaban J connectivity index is 4.19. The minimum absolute atomic E-state index is 0.0223. The fourth-order valence-electron chi connectivity index (χ4n) is 8.93. The van der Waals surface area contributed by atoms with Crippen LogP contribution < -0.4 is 0 Å². The first-order valence-corrected chi connectivity index (χ1v) is 28.9. The first kappa shape index (κ1) is 59.3. The smallest absolute Gasteiger partial charge is 0.305 e. The predicted octanol–water partition coefficient (Wildman–Crippen LogP) is 17.3. The Kier molecular flexibility index (Phi) is 47.3. The van der Waals surface area contributed by atoms with Crippen LogP contribution >= 0.6 is 7.92 Å². The molecule has 0 aliphatic carbocycles. The molecule has 0 unspecified atom stereocenters. The Labute approximate surface area is 378 Å². The highest BCUT2D eigenvalue weighted by Crippen LogP contribution is 2.39. The second kappa shape index (κ2) is 47.8. The maximum Gasteiger partial charge on any atom is 0.305 e. The van der Waals surface area contributed by atoms with Crippen molar-refractivity contribution in [2.24, 2.45) is 11.8 Å². The monoisotopic (exact) mass is 866 g/mol. The summed E-state index contributed by atoms with van der Waals surface area (Å²) < 4.78 is 11.3. The van der Waals surface area contributed by atoms with Crippen LogP contribution in [-0.2, 0) is 19.1 Å². The maximum atomic E-state index is 12.4. The Morgan fingerprint density at radius 2 is 0.683 bits per heavy atom. The summed E-state index contributed by atoms with van der Waals surface area (Å²) in [6.45, 7) is 11.6. The molecule has 0 N–H and O–H groups in total. The summed E-state index contributed by atoms with van der Waals surface area (Å²) >= 11 is 0. The van der Waals surface area contributed by atoms with E-state index in [-0.39, 0.29) is 19.9 Å². The number of carbonyl (C=O) groups is 2. The van der Waals surface area contributed by atoms with Crippen LogP contribution in [0.2, 0.25) is 0 Å². The van der Waals surface area contributed by atoms with Gasteiger partial charge in [0.25, 0.3) is 0 Å². The van der Waals surface area contributed by atoms with Crippen molar-refractivity contribution in [3.05, 3.63) is 0 Å². The number of rotatable bonds is 49. The van der Waals surface area contributed by atoms with E-state index >= 15 is 0 Å². The minimum atomic E-state index is 0.0223. The van der Waals surface area contributed by atoms with Gasteiger partial charge in [0.2, 0.25) is 0 Å². The zero-order valence-corrected chi connectivity index (χ0v) is 42.7. The molecule has 0 spiro atoms. The molecule has 5 nitrogen and oxygen atoms in total. The third-order valence-corrected chi connectivity index (χ3v) is 15.8. The van der Waals surface area contributed by atoms with E-state index in [1.54, 1.807) is 0 Å². The Morgan fingerprint density at radius 1 is 0.383 bits per heavy atom. The van der Waals surface area contributed by atoms with Crippen LogP contribution in [0.1, 0.15) is 272 Å². The molecule has 0 aliphatic rings. The topological polar surface area (TPSA) is 55.8 Å². The Morgan fingerprint density at radius 3 is 1.03 bits per heavy atom. The largest absolute Gasteiger partial charge is 0.466 e. The molecule has 0 saturated heterocycles. The van der Waals surface area contributed by atoms with Gasteiger partial charge in [0, 0.05) is 12.8 Å². The maximum absolute atomic E-state index is 12.4. The minimum Gasteiger partial charge on any atom is -0.466 e. The predicted molar refractivity (Wildman–Crippen MR) is 267 cm³/mol. The van der Waals surface area contributed by atoms with Crippen LogP contribution in [0.5, 0.6) is 0 Å². The summed E-state index contributed by atoms with van der Waals surface area (Å²) in [7, 11) is 4.50. The highest BCUT2D eigenvalue weighted by molar-refractivity contribution is 7.57. The standard InChI is InChI=1S/C54H108NO4P/c1-7-11-15-25-37-51(38-26-16-12-8-2)41-35-46-58-53(56)43-29-21-19-23-32-48-60(50-34-31-45-55(5)6)49-33-24-20-22-30-44-54(57)59-47-36-42-52(39-27-17-13-9-3)40-28-18-14-10-4/h51-52H,7-50H2,1-6H3. The molecule has 0 fully saturated rings. The third kappa shape index (κ3) is 44.0. The van der Waals surface area contributed by atoms with Gasteiger partial charge in [-0.1, -0.05) is 195 Å². The number of carbonyl (C=O) groups excluding carboxylic acids is 2. The van der Waals surface area contributed by atoms with Crippen molar-refractivity contribution in [3.63, 3.8) is 0 Å². The van der Waals surface area contributed by atoms with Crippen LogP contribution in [0.25, 0.3) is 0 Å². The first-order chi connectivity index (χ1) is 29.4. The van der Waals surface area contributed by atoms with E-state index in [4.69, 9.17) is 9.47 Å². The average molecular weight is 866 g/mol. The molecule has 0 radical (unpaired) electrons. The Hall–Kier alpha value is -0.670. The lowest BCUT2D eigenvalue weighted by Gasteiger charge is -2.18. The number of hydrogen-bond acceptors (Lipinski definition) is 5. The van der Waals surface area contributed by atoms with Gasteiger partial charge in [-0.15, -0.1) is 7.92 Å². The molecule has 0 bridgehead atoms. The number of nitrogens with zero attached hydrogens (tertiary/aromatic N) is 1. The molecule has 0 aromatic heterocycles. The van der Waals surface area contributed by atoms with E-state index in [1.807, 2.05) is 0 Å². The molecule has 0 amide bonds. The van der Waals surface area contributed by atoms with Crippen LogP contribution in [0, 0.1) is 11.8 Å². The van der Waals surface area contributed by atoms with Crippen molar-refractivity contribution < 1.29 is 19.1 Å². The molecular formula is C54H108NO4P. The van der Waals surface area contributed by atoms with Crippen molar-refractivity contribution in [3.8, 4) is 0 Å². The summed E-state index contributed by atoms with van der Waals surface area (Å²) in [5.41, 5.74) is 0. The van der Waals surface area contributed by atoms with Gasteiger partial charge in [-0.3, -0.25) is 9.59 Å². The van der Waals surface area contributed by atoms with Crippen molar-refractivity contribution >= 4 is 19.9 Å². The average Bonchev–Trinajstić information content (AvgIpc) is 3.24. The number of ether oxygens (including phenoxy) is 2. The molecule has 358 valence electrons. The third-order valence-electron chi connectivity index (χ3n) is 12.9. The zero-order chi connectivity index (χ0) is 44.0. The molecule has 0 aromatic carbocycles. The molecule has 0 heterocycles. The van der Waals surface area contributed by atoms with Crippen LogP contribution in [0.3, 0.4) is 0 Å². The molecule has 0 aliphatic heterocycles. The SMILES string of the molecule is CCCCCCC(CCCCCC)CCCOC(=O)CCCCCCCP(CCCCCCCC(=O)OCCCC(CCCCCC)CCCCCC)CCCCN(C)C. The van der Waals surface area contributed by atoms with Crippen LogP contribution in [0.15, 0.2) is 0 Å². The summed E-state index contributed by atoms with van der Waals surface area (Å²) in [6, 6.07) is 0. The number of esters is 2. The molecule has 0 atom stereocenters. The van der Waals surface area contributed by atoms with E-state index in [0.29, 0.717) is 26.1 Å². The van der Waals surface area contributed by atoms with E-state index in [1.165, 1.54) is 218 Å². The zero-order valence-electron chi connectivity index (χ0n) is 41.8. The van der Waals surface area contributed by atoms with E-state index in [0.717, 1.165) is 50.4 Å². The van der Waals surface area contributed by atoms with Crippen LogP contribution in [-0.4, -0.2) is 69.2 Å². The molecular weight excluding hydrogens is 758 g/mol. The summed E-state index contributed by atoms with van der Waals surface area (Å²) in [5.74, 6) is 1.68. The van der Waals surface area contributed by atoms with Crippen LogP contribution in [0.4, 0.5) is 0 Å². The van der Waals surface area contributed by atoms with Gasteiger partial charge in [0.05, 0.1) is 13.2 Å². The first-order valence-electron chi connectivity index (χ1n) is 27.0. The van der Waals surface area contributed by atoms with E-state index in [2.05, 4.69) is 46.7 Å². The molecule has 0 saturated carbocycles.